The van der Waals surface area contributed by atoms with E-state index in [0.717, 1.165) is 5.00 Å². The molecule has 24 heavy (non-hydrogen) atoms. The molecule has 1 fully saturated rings. The van der Waals surface area contributed by atoms with Crippen LogP contribution in [0.5, 0.6) is 0 Å². The predicted octanol–water partition coefficient (Wildman–Crippen LogP) is 3.77. The Balaban J connectivity index is 1.50. The van der Waals surface area contributed by atoms with Crippen LogP contribution in [0.1, 0.15) is 12.8 Å². The zero-order valence-electron chi connectivity index (χ0n) is 13.0. The Hall–Kier alpha value is -2.41. The van der Waals surface area contributed by atoms with Crippen LogP contribution in [0.4, 0.5) is 19.9 Å². The van der Waals surface area contributed by atoms with Gasteiger partial charge in [0.15, 0.2) is 0 Å². The molecule has 3 rings (SSSR count). The van der Waals surface area contributed by atoms with Gasteiger partial charge in [-0.3, -0.25) is 10.1 Å². The second kappa shape index (κ2) is 7.44. The standard InChI is InChI=1S/C17H18FN3O2S/c18-13-4-1-2-5-14(13)19-16(22)12-7-9-21(10-8-12)17(23)20-15-6-3-11-24-15/h1-6,11-12H,7-10H2,(H,19,22)(H,20,23). The maximum absolute atomic E-state index is 13.6. The molecular formula is C17H18FN3O2S. The number of urea groups is 1. The number of hydrogen-bond donors (Lipinski definition) is 2. The largest absolute Gasteiger partial charge is 0.324 e. The zero-order valence-corrected chi connectivity index (χ0v) is 13.8. The Kier molecular flexibility index (Phi) is 5.10. The Bertz CT molecular complexity index is 712. The number of thiophene rings is 1. The summed E-state index contributed by atoms with van der Waals surface area (Å²) in [5.74, 6) is -0.854. The highest BCUT2D eigenvalue weighted by Gasteiger charge is 2.27. The fourth-order valence-corrected chi connectivity index (χ4v) is 3.28. The number of amides is 3. The average molecular weight is 347 g/mol. The SMILES string of the molecule is O=C(Nc1ccccc1F)C1CCN(C(=O)Nc2cccs2)CC1. The first-order chi connectivity index (χ1) is 11.6. The van der Waals surface area contributed by atoms with Crippen molar-refractivity contribution >= 4 is 34.0 Å². The van der Waals surface area contributed by atoms with Crippen LogP contribution in [-0.4, -0.2) is 29.9 Å². The Morgan fingerprint density at radius 1 is 1.08 bits per heavy atom. The van der Waals surface area contributed by atoms with Gasteiger partial charge in [0.1, 0.15) is 5.82 Å². The van der Waals surface area contributed by atoms with Crippen molar-refractivity contribution < 1.29 is 14.0 Å². The highest BCUT2D eigenvalue weighted by atomic mass is 32.1. The van der Waals surface area contributed by atoms with Gasteiger partial charge in [0.25, 0.3) is 0 Å². The third-order valence-electron chi connectivity index (χ3n) is 4.04. The van der Waals surface area contributed by atoms with Crippen LogP contribution in [0.3, 0.4) is 0 Å². The number of piperidine rings is 1. The van der Waals surface area contributed by atoms with E-state index in [1.165, 1.54) is 23.5 Å². The van der Waals surface area contributed by atoms with Crippen LogP contribution in [0, 0.1) is 11.7 Å². The summed E-state index contributed by atoms with van der Waals surface area (Å²) in [5, 5.41) is 8.17. The van der Waals surface area contributed by atoms with Crippen LogP contribution in [0.25, 0.3) is 0 Å². The summed E-state index contributed by atoms with van der Waals surface area (Å²) in [6.07, 6.45) is 1.14. The van der Waals surface area contributed by atoms with E-state index in [4.69, 9.17) is 0 Å². The monoisotopic (exact) mass is 347 g/mol. The van der Waals surface area contributed by atoms with Gasteiger partial charge in [-0.05, 0) is 42.5 Å². The van der Waals surface area contributed by atoms with E-state index in [-0.39, 0.29) is 23.5 Å². The van der Waals surface area contributed by atoms with E-state index < -0.39 is 5.82 Å². The summed E-state index contributed by atoms with van der Waals surface area (Å²) in [4.78, 5) is 26.1. The first-order valence-corrected chi connectivity index (χ1v) is 8.66. The summed E-state index contributed by atoms with van der Waals surface area (Å²) in [6, 6.07) is 9.68. The van der Waals surface area contributed by atoms with E-state index >= 15 is 0 Å². The highest BCUT2D eigenvalue weighted by Crippen LogP contribution is 2.22. The number of nitrogens with zero attached hydrogens (tertiary/aromatic N) is 1. The van der Waals surface area contributed by atoms with Gasteiger partial charge < -0.3 is 10.2 Å². The molecule has 2 heterocycles. The summed E-state index contributed by atoms with van der Waals surface area (Å²) in [6.45, 7) is 1.01. The van der Waals surface area contributed by atoms with E-state index in [9.17, 15) is 14.0 Å². The molecule has 1 aromatic carbocycles. The summed E-state index contributed by atoms with van der Waals surface area (Å²) >= 11 is 1.47. The number of benzene rings is 1. The van der Waals surface area contributed by atoms with Gasteiger partial charge in [-0.2, -0.15) is 0 Å². The van der Waals surface area contributed by atoms with E-state index in [1.54, 1.807) is 17.0 Å². The number of carbonyl (C=O) groups excluding carboxylic acids is 2. The van der Waals surface area contributed by atoms with Gasteiger partial charge in [0.2, 0.25) is 5.91 Å². The number of para-hydroxylation sites is 1. The minimum absolute atomic E-state index is 0.148. The number of hydrogen-bond acceptors (Lipinski definition) is 3. The van der Waals surface area contributed by atoms with Gasteiger partial charge in [-0.1, -0.05) is 12.1 Å². The van der Waals surface area contributed by atoms with Gasteiger partial charge in [0, 0.05) is 19.0 Å². The molecule has 5 nitrogen and oxygen atoms in total. The predicted molar refractivity (Wildman–Crippen MR) is 92.7 cm³/mol. The molecule has 1 aliphatic rings. The molecule has 0 aliphatic carbocycles. The van der Waals surface area contributed by atoms with Crippen LogP contribution < -0.4 is 10.6 Å². The summed E-state index contributed by atoms with van der Waals surface area (Å²) < 4.78 is 13.6. The molecule has 126 valence electrons. The third kappa shape index (κ3) is 3.91. The smallest absolute Gasteiger partial charge is 0.322 e. The second-order valence-corrected chi connectivity index (χ2v) is 6.59. The molecule has 0 radical (unpaired) electrons. The second-order valence-electron chi connectivity index (χ2n) is 5.64. The summed E-state index contributed by atoms with van der Waals surface area (Å²) in [5.41, 5.74) is 0.195. The lowest BCUT2D eigenvalue weighted by atomic mass is 9.96. The molecule has 0 saturated carbocycles. The molecule has 2 aromatic rings. The number of anilines is 2. The Labute approximate surface area is 143 Å². The molecule has 0 atom stereocenters. The first kappa shape index (κ1) is 16.4. The van der Waals surface area contributed by atoms with Crippen molar-refractivity contribution in [2.24, 2.45) is 5.92 Å². The Morgan fingerprint density at radius 2 is 1.83 bits per heavy atom. The maximum Gasteiger partial charge on any atom is 0.322 e. The van der Waals surface area contributed by atoms with Crippen LogP contribution in [0.2, 0.25) is 0 Å². The van der Waals surface area contributed by atoms with Crippen molar-refractivity contribution in [3.8, 4) is 0 Å². The van der Waals surface area contributed by atoms with Gasteiger partial charge in [0.05, 0.1) is 10.7 Å². The lowest BCUT2D eigenvalue weighted by molar-refractivity contribution is -0.121. The van der Waals surface area contributed by atoms with Crippen molar-refractivity contribution in [2.45, 2.75) is 12.8 Å². The lowest BCUT2D eigenvalue weighted by Crippen LogP contribution is -2.43. The van der Waals surface area contributed by atoms with Gasteiger partial charge in [-0.25, -0.2) is 9.18 Å². The zero-order chi connectivity index (χ0) is 16.9. The molecule has 1 saturated heterocycles. The maximum atomic E-state index is 13.6. The van der Waals surface area contributed by atoms with Crippen LogP contribution >= 0.6 is 11.3 Å². The highest BCUT2D eigenvalue weighted by molar-refractivity contribution is 7.14. The average Bonchev–Trinajstić information content (AvgIpc) is 3.10. The van der Waals surface area contributed by atoms with Crippen molar-refractivity contribution in [1.29, 1.82) is 0 Å². The Morgan fingerprint density at radius 3 is 2.50 bits per heavy atom. The van der Waals surface area contributed by atoms with E-state index in [2.05, 4.69) is 10.6 Å². The molecule has 0 bridgehead atoms. The third-order valence-corrected chi connectivity index (χ3v) is 4.82. The van der Waals surface area contributed by atoms with Crippen molar-refractivity contribution in [3.05, 3.63) is 47.6 Å². The van der Waals surface area contributed by atoms with Crippen molar-refractivity contribution in [3.63, 3.8) is 0 Å². The number of carbonyl (C=O) groups is 2. The fraction of sp³-hybridized carbons (Fsp3) is 0.294. The molecule has 0 unspecified atom stereocenters. The minimum atomic E-state index is -0.446. The quantitative estimate of drug-likeness (QED) is 0.888. The number of nitrogens with one attached hydrogen (secondary N) is 2. The van der Waals surface area contributed by atoms with E-state index in [1.807, 2.05) is 17.5 Å². The molecule has 1 aliphatic heterocycles. The van der Waals surface area contributed by atoms with Crippen molar-refractivity contribution in [1.82, 2.24) is 4.90 Å². The first-order valence-electron chi connectivity index (χ1n) is 7.78. The number of rotatable bonds is 3. The molecule has 1 aromatic heterocycles. The molecule has 3 amide bonds. The molecular weight excluding hydrogens is 329 g/mol. The lowest BCUT2D eigenvalue weighted by Gasteiger charge is -2.31. The molecule has 2 N–H and O–H groups in total. The fourth-order valence-electron chi connectivity index (χ4n) is 2.68. The number of halogens is 1. The van der Waals surface area contributed by atoms with Gasteiger partial charge >= 0.3 is 6.03 Å². The van der Waals surface area contributed by atoms with Gasteiger partial charge in [-0.15, -0.1) is 11.3 Å². The number of likely N-dealkylation sites (tertiary alicyclic amines) is 1. The van der Waals surface area contributed by atoms with Crippen LogP contribution in [0.15, 0.2) is 41.8 Å². The van der Waals surface area contributed by atoms with Crippen molar-refractivity contribution in [2.75, 3.05) is 23.7 Å². The summed E-state index contributed by atoms with van der Waals surface area (Å²) in [7, 11) is 0. The normalized spacial score (nSPS) is 15.1. The van der Waals surface area contributed by atoms with E-state index in [0.29, 0.717) is 25.9 Å². The minimum Gasteiger partial charge on any atom is -0.324 e. The molecule has 0 spiro atoms. The molecule has 7 heteroatoms. The van der Waals surface area contributed by atoms with Crippen LogP contribution in [-0.2, 0) is 4.79 Å². The topological polar surface area (TPSA) is 61.4 Å².